The predicted octanol–water partition coefficient (Wildman–Crippen LogP) is 11.6. The Morgan fingerprint density at radius 1 is 0.375 bits per heavy atom. The van der Waals surface area contributed by atoms with Crippen LogP contribution in [-0.4, -0.2) is 16.1 Å². The third-order valence-corrected chi connectivity index (χ3v) is 22.8. The molecule has 0 saturated carbocycles. The Labute approximate surface area is 296 Å². The van der Waals surface area contributed by atoms with Crippen LogP contribution >= 0.6 is 0 Å². The molecule has 2 heteroatoms. The molecule has 0 aliphatic rings. The maximum absolute atomic E-state index is 5.89. The standard InChI is InChI=1S/C46H54Si2/c1-14-45-33-44(24-23-40-15-19-42(20-16-40)29-31-47(34(2)3,35(4)5)36(6)7)26-28-46(45)27-25-41-17-21-43(22-18-41)30-32-48(37(8)9,38(10)11)39(12)13/h1,15-22,26,28,33-39H,2-13H3. The summed E-state index contributed by atoms with van der Waals surface area (Å²) in [6, 6.07) is 22.4. The van der Waals surface area contributed by atoms with Gasteiger partial charge in [0.05, 0.1) is 0 Å². The first kappa shape index (κ1) is 38.3. The van der Waals surface area contributed by atoms with E-state index in [1.165, 1.54) is 0 Å². The molecule has 0 aliphatic carbocycles. The summed E-state index contributed by atoms with van der Waals surface area (Å²) >= 11 is 0. The highest BCUT2D eigenvalue weighted by Gasteiger charge is 2.42. The average molecular weight is 663 g/mol. The van der Waals surface area contributed by atoms with E-state index in [1.807, 2.05) is 30.3 Å². The van der Waals surface area contributed by atoms with Crippen molar-refractivity contribution in [1.82, 2.24) is 0 Å². The fourth-order valence-electron chi connectivity index (χ4n) is 7.63. The van der Waals surface area contributed by atoms with Crippen molar-refractivity contribution in [3.8, 4) is 59.0 Å². The molecule has 0 aliphatic heterocycles. The van der Waals surface area contributed by atoms with Crippen LogP contribution in [0.1, 0.15) is 122 Å². The maximum Gasteiger partial charge on any atom is 0.146 e. The van der Waals surface area contributed by atoms with Crippen LogP contribution in [0.5, 0.6) is 0 Å². The highest BCUT2D eigenvalue weighted by atomic mass is 28.3. The van der Waals surface area contributed by atoms with Gasteiger partial charge in [0.15, 0.2) is 0 Å². The van der Waals surface area contributed by atoms with E-state index < -0.39 is 16.1 Å². The summed E-state index contributed by atoms with van der Waals surface area (Å²) in [5.41, 5.74) is 17.7. The zero-order valence-corrected chi connectivity index (χ0v) is 33.4. The molecule has 0 radical (unpaired) electrons. The van der Waals surface area contributed by atoms with Crippen molar-refractivity contribution in [1.29, 1.82) is 0 Å². The average Bonchev–Trinajstić information content (AvgIpc) is 3.03. The van der Waals surface area contributed by atoms with Crippen molar-refractivity contribution in [3.05, 3.63) is 106 Å². The zero-order chi connectivity index (χ0) is 35.6. The molecule has 0 spiro atoms. The molecule has 0 heterocycles. The van der Waals surface area contributed by atoms with Gasteiger partial charge in [-0.1, -0.05) is 125 Å². The van der Waals surface area contributed by atoms with Gasteiger partial charge in [-0.2, -0.15) is 0 Å². The Hall–Kier alpha value is -4.11. The molecule has 0 atom stereocenters. The Kier molecular flexibility index (Phi) is 13.4. The van der Waals surface area contributed by atoms with Crippen LogP contribution in [0.3, 0.4) is 0 Å². The number of hydrogen-bond acceptors (Lipinski definition) is 0. The third kappa shape index (κ3) is 8.87. The summed E-state index contributed by atoms with van der Waals surface area (Å²) in [6.07, 6.45) is 5.89. The van der Waals surface area contributed by atoms with Crippen molar-refractivity contribution in [2.75, 3.05) is 0 Å². The molecule has 0 fully saturated rings. The van der Waals surface area contributed by atoms with Crippen molar-refractivity contribution < 1.29 is 0 Å². The van der Waals surface area contributed by atoms with Gasteiger partial charge < -0.3 is 0 Å². The largest absolute Gasteiger partial charge is 0.146 e. The van der Waals surface area contributed by atoms with Gasteiger partial charge in [0, 0.05) is 38.9 Å². The molecular formula is C46H54Si2. The second-order valence-electron chi connectivity index (χ2n) is 14.9. The molecule has 0 aromatic heterocycles. The fourth-order valence-corrected chi connectivity index (χ4v) is 18.1. The first-order valence-corrected chi connectivity index (χ1v) is 22.0. The first-order valence-electron chi connectivity index (χ1n) is 17.6. The van der Waals surface area contributed by atoms with Crippen LogP contribution in [0.4, 0.5) is 0 Å². The molecule has 0 amide bonds. The Balaban J connectivity index is 1.78. The van der Waals surface area contributed by atoms with E-state index in [-0.39, 0.29) is 0 Å². The summed E-state index contributed by atoms with van der Waals surface area (Å²) in [5.74, 6) is 23.0. The Morgan fingerprint density at radius 2 is 0.667 bits per heavy atom. The molecule has 0 nitrogen and oxygen atoms in total. The van der Waals surface area contributed by atoms with Crippen LogP contribution in [0.25, 0.3) is 0 Å². The molecule has 3 aromatic carbocycles. The van der Waals surface area contributed by atoms with E-state index in [0.29, 0.717) is 33.2 Å². The number of terminal acetylenes is 1. The molecule has 3 aromatic rings. The molecular weight excluding hydrogens is 609 g/mol. The monoisotopic (exact) mass is 662 g/mol. The van der Waals surface area contributed by atoms with Gasteiger partial charge in [-0.25, -0.2) is 0 Å². The van der Waals surface area contributed by atoms with E-state index >= 15 is 0 Å². The molecule has 246 valence electrons. The lowest BCUT2D eigenvalue weighted by molar-refractivity contribution is 0.838. The van der Waals surface area contributed by atoms with Crippen LogP contribution in [0.2, 0.25) is 33.2 Å². The smallest absolute Gasteiger partial charge is 0.125 e. The lowest BCUT2D eigenvalue weighted by atomic mass is 10.0. The van der Waals surface area contributed by atoms with Gasteiger partial charge in [-0.05, 0) is 100.0 Å². The van der Waals surface area contributed by atoms with Gasteiger partial charge >= 0.3 is 0 Å². The molecule has 0 unspecified atom stereocenters. The second-order valence-corrected chi connectivity index (χ2v) is 26.0. The third-order valence-electron chi connectivity index (χ3n) is 10.2. The molecule has 3 rings (SSSR count). The van der Waals surface area contributed by atoms with Gasteiger partial charge in [-0.3, -0.25) is 0 Å². The summed E-state index contributed by atoms with van der Waals surface area (Å²) in [7, 11) is -3.53. The summed E-state index contributed by atoms with van der Waals surface area (Å²) in [5, 5.41) is 0. The number of hydrogen-bond donors (Lipinski definition) is 0. The topological polar surface area (TPSA) is 0 Å². The van der Waals surface area contributed by atoms with Crippen molar-refractivity contribution >= 4 is 16.1 Å². The minimum atomic E-state index is -1.77. The SMILES string of the molecule is C#Cc1cc(C#Cc2ccc(C#C[Si](C(C)C)(C(C)C)C(C)C)cc2)ccc1C#Cc1ccc(C#C[Si](C(C)C)(C(C)C)C(C)C)cc1. The van der Waals surface area contributed by atoms with Gasteiger partial charge in [0.1, 0.15) is 16.1 Å². The van der Waals surface area contributed by atoms with E-state index in [2.05, 4.69) is 172 Å². The molecule has 48 heavy (non-hydrogen) atoms. The van der Waals surface area contributed by atoms with Crippen LogP contribution in [0.15, 0.2) is 66.7 Å². The maximum atomic E-state index is 5.89. The number of rotatable bonds is 6. The lowest BCUT2D eigenvalue weighted by Gasteiger charge is -2.38. The Bertz CT molecular complexity index is 1800. The van der Waals surface area contributed by atoms with E-state index in [0.717, 1.165) is 38.9 Å². The second kappa shape index (κ2) is 16.8. The minimum absolute atomic E-state index is 0.612. The number of benzene rings is 3. The minimum Gasteiger partial charge on any atom is -0.125 e. The van der Waals surface area contributed by atoms with E-state index in [9.17, 15) is 0 Å². The van der Waals surface area contributed by atoms with Crippen molar-refractivity contribution in [3.63, 3.8) is 0 Å². The van der Waals surface area contributed by atoms with Crippen LogP contribution < -0.4 is 0 Å². The predicted molar refractivity (Wildman–Crippen MR) is 215 cm³/mol. The highest BCUT2D eigenvalue weighted by molar-refractivity contribution is 6.91. The van der Waals surface area contributed by atoms with E-state index in [4.69, 9.17) is 6.42 Å². The van der Waals surface area contributed by atoms with Crippen molar-refractivity contribution in [2.45, 2.75) is 116 Å². The van der Waals surface area contributed by atoms with Crippen molar-refractivity contribution in [2.24, 2.45) is 0 Å². The summed E-state index contributed by atoms with van der Waals surface area (Å²) < 4.78 is 0. The van der Waals surface area contributed by atoms with Gasteiger partial charge in [-0.15, -0.1) is 17.5 Å². The highest BCUT2D eigenvalue weighted by Crippen LogP contribution is 2.41. The normalized spacial score (nSPS) is 11.4. The van der Waals surface area contributed by atoms with Crippen LogP contribution in [0, 0.1) is 59.0 Å². The Morgan fingerprint density at radius 3 is 1.00 bits per heavy atom. The zero-order valence-electron chi connectivity index (χ0n) is 31.4. The van der Waals surface area contributed by atoms with Gasteiger partial charge in [0.25, 0.3) is 0 Å². The van der Waals surface area contributed by atoms with Gasteiger partial charge in [0.2, 0.25) is 0 Å². The fraction of sp³-hybridized carbons (Fsp3) is 0.391. The van der Waals surface area contributed by atoms with E-state index in [1.54, 1.807) is 0 Å². The molecule has 0 saturated heterocycles. The quantitative estimate of drug-likeness (QED) is 0.182. The first-order chi connectivity index (χ1) is 22.7. The summed E-state index contributed by atoms with van der Waals surface area (Å²) in [6.45, 7) is 28.1. The lowest BCUT2D eigenvalue weighted by Crippen LogP contribution is -2.43. The summed E-state index contributed by atoms with van der Waals surface area (Å²) in [4.78, 5) is 0. The van der Waals surface area contributed by atoms with Crippen LogP contribution in [-0.2, 0) is 0 Å². The molecule has 0 bridgehead atoms. The molecule has 0 N–H and O–H groups in total.